The molecule has 55 heavy (non-hydrogen) atoms. The van der Waals surface area contributed by atoms with E-state index in [-0.39, 0.29) is 43.0 Å². The van der Waals surface area contributed by atoms with Crippen LogP contribution in [-0.2, 0) is 51.0 Å². The van der Waals surface area contributed by atoms with E-state index in [1.165, 1.54) is 24.0 Å². The van der Waals surface area contributed by atoms with Crippen LogP contribution in [0.25, 0.3) is 0 Å². The number of aliphatic hydroxyl groups is 2. The van der Waals surface area contributed by atoms with Gasteiger partial charge < -0.3 is 34.6 Å². The highest BCUT2D eigenvalue weighted by atomic mass is 79.9. The molecule has 4 aliphatic rings. The van der Waals surface area contributed by atoms with Crippen molar-refractivity contribution in [3.63, 3.8) is 0 Å². The third kappa shape index (κ3) is 7.16. The standard InChI is InChI=1S/2C20H26BrNO5.H2O/c2*1-12-20(17(24)26-5)19(25,10-13-6-8-14(21)9-7-13)11-15(23)22(20)16(27-12)18(2,3)4;/h2*6-9,12,16,25H,10-11H2,1-5H3;1H2/t2*12-,16-,19-,20+;/m11./s1. The van der Waals surface area contributed by atoms with Gasteiger partial charge in [0.25, 0.3) is 0 Å². The van der Waals surface area contributed by atoms with Crippen molar-refractivity contribution in [2.45, 2.75) is 128 Å². The zero-order chi connectivity index (χ0) is 40.4. The lowest BCUT2D eigenvalue weighted by atomic mass is 9.73. The van der Waals surface area contributed by atoms with E-state index in [2.05, 4.69) is 31.9 Å². The lowest BCUT2D eigenvalue weighted by Crippen LogP contribution is -2.67. The van der Waals surface area contributed by atoms with Crippen LogP contribution in [0.3, 0.4) is 0 Å². The fourth-order valence-corrected chi connectivity index (χ4v) is 9.47. The molecule has 4 N–H and O–H groups in total. The number of benzene rings is 2. The predicted octanol–water partition coefficient (Wildman–Crippen LogP) is 4.49. The van der Waals surface area contributed by atoms with Gasteiger partial charge in [0.15, 0.2) is 11.1 Å². The summed E-state index contributed by atoms with van der Waals surface area (Å²) in [5.41, 5.74) is -5.64. The molecule has 4 heterocycles. The van der Waals surface area contributed by atoms with Gasteiger partial charge in [-0.25, -0.2) is 9.59 Å². The molecule has 304 valence electrons. The molecule has 4 aliphatic heterocycles. The van der Waals surface area contributed by atoms with Gasteiger partial charge >= 0.3 is 11.9 Å². The molecule has 2 aromatic carbocycles. The van der Waals surface area contributed by atoms with Gasteiger partial charge in [-0.2, -0.15) is 0 Å². The zero-order valence-corrected chi connectivity index (χ0v) is 36.2. The first kappa shape index (κ1) is 44.8. The molecule has 13 nitrogen and oxygen atoms in total. The van der Waals surface area contributed by atoms with E-state index in [1.807, 2.05) is 90.1 Å². The van der Waals surface area contributed by atoms with Crippen LogP contribution in [-0.4, -0.2) is 110 Å². The number of carbonyl (C=O) groups excluding carboxylic acids is 4. The van der Waals surface area contributed by atoms with Crippen LogP contribution in [0.1, 0.15) is 79.4 Å². The van der Waals surface area contributed by atoms with Crippen molar-refractivity contribution >= 4 is 55.6 Å². The molecule has 0 aliphatic carbocycles. The Morgan fingerprint density at radius 2 is 0.982 bits per heavy atom. The predicted molar refractivity (Wildman–Crippen MR) is 209 cm³/mol. The number of nitrogens with zero attached hydrogens (tertiary/aromatic N) is 2. The van der Waals surface area contributed by atoms with Crippen molar-refractivity contribution in [1.82, 2.24) is 9.80 Å². The SMILES string of the molecule is COC(=O)[C@]12[C@@H](C)O[C@H](C(C)(C)C)N1C(=O)C[C@]2(O)Cc1ccc(Br)cc1.COC(=O)[C@]12[C@@H](C)O[C@H](C(C)(C)C)N1C(=O)C[C@]2(O)Cc1ccc(Br)cc1.O. The number of halogens is 2. The summed E-state index contributed by atoms with van der Waals surface area (Å²) in [5.74, 6) is -1.90. The fourth-order valence-electron chi connectivity index (χ4n) is 8.94. The Balaban J connectivity index is 0.000000240. The van der Waals surface area contributed by atoms with Gasteiger partial charge in [0.05, 0.1) is 39.3 Å². The van der Waals surface area contributed by atoms with E-state index in [1.54, 1.807) is 13.8 Å². The fraction of sp³-hybridized carbons (Fsp3) is 0.600. The summed E-state index contributed by atoms with van der Waals surface area (Å²) in [6, 6.07) is 14.9. The lowest BCUT2D eigenvalue weighted by molar-refractivity contribution is -0.171. The minimum absolute atomic E-state index is 0. The molecule has 0 radical (unpaired) electrons. The van der Waals surface area contributed by atoms with Crippen LogP contribution in [0.15, 0.2) is 57.5 Å². The molecule has 6 rings (SSSR count). The molecule has 0 bridgehead atoms. The average Bonchev–Trinajstić information content (AvgIpc) is 3.73. The third-order valence-electron chi connectivity index (χ3n) is 11.2. The minimum Gasteiger partial charge on any atom is -0.467 e. The molecule has 0 aromatic heterocycles. The highest BCUT2D eigenvalue weighted by Gasteiger charge is 2.77. The molecule has 0 saturated carbocycles. The number of ether oxygens (including phenoxy) is 4. The summed E-state index contributed by atoms with van der Waals surface area (Å²) in [7, 11) is 2.55. The summed E-state index contributed by atoms with van der Waals surface area (Å²) in [5, 5.41) is 23.4. The Labute approximate surface area is 339 Å². The maximum absolute atomic E-state index is 13.0. The van der Waals surface area contributed by atoms with Gasteiger partial charge in [0.2, 0.25) is 11.8 Å². The second-order valence-electron chi connectivity index (χ2n) is 17.1. The van der Waals surface area contributed by atoms with Crippen LogP contribution in [0, 0.1) is 10.8 Å². The number of carbonyl (C=O) groups is 4. The largest absolute Gasteiger partial charge is 0.467 e. The van der Waals surface area contributed by atoms with E-state index in [4.69, 9.17) is 18.9 Å². The van der Waals surface area contributed by atoms with Crippen LogP contribution in [0.2, 0.25) is 0 Å². The number of hydrogen-bond donors (Lipinski definition) is 2. The van der Waals surface area contributed by atoms with Crippen LogP contribution in [0.5, 0.6) is 0 Å². The Morgan fingerprint density at radius 1 is 0.691 bits per heavy atom. The summed E-state index contributed by atoms with van der Waals surface area (Å²) < 4.78 is 24.2. The Bertz CT molecular complexity index is 1650. The van der Waals surface area contributed by atoms with Crippen LogP contribution >= 0.6 is 31.9 Å². The maximum atomic E-state index is 13.0. The Kier molecular flexibility index (Phi) is 12.6. The second kappa shape index (κ2) is 15.4. The summed E-state index contributed by atoms with van der Waals surface area (Å²) >= 11 is 6.78. The maximum Gasteiger partial charge on any atom is 0.337 e. The van der Waals surface area contributed by atoms with E-state index in [9.17, 15) is 29.4 Å². The monoisotopic (exact) mass is 896 g/mol. The first-order valence-corrected chi connectivity index (χ1v) is 19.6. The molecule has 2 aromatic rings. The molecule has 0 spiro atoms. The van der Waals surface area contributed by atoms with Crippen LogP contribution in [0.4, 0.5) is 0 Å². The number of esters is 2. The van der Waals surface area contributed by atoms with Gasteiger partial charge in [-0.15, -0.1) is 0 Å². The average molecular weight is 899 g/mol. The summed E-state index contributed by atoms with van der Waals surface area (Å²) in [4.78, 5) is 55.0. The van der Waals surface area contributed by atoms with E-state index in [0.717, 1.165) is 20.1 Å². The van der Waals surface area contributed by atoms with Crippen molar-refractivity contribution < 1.29 is 53.8 Å². The normalized spacial score (nSPS) is 32.7. The Morgan fingerprint density at radius 3 is 1.24 bits per heavy atom. The number of rotatable bonds is 6. The van der Waals surface area contributed by atoms with Gasteiger partial charge in [-0.1, -0.05) is 97.7 Å². The molecule has 4 fully saturated rings. The first-order valence-electron chi connectivity index (χ1n) is 18.0. The van der Waals surface area contributed by atoms with Gasteiger partial charge in [-0.05, 0) is 49.2 Å². The number of methoxy groups -OCH3 is 2. The highest BCUT2D eigenvalue weighted by molar-refractivity contribution is 9.10. The molecule has 2 amide bonds. The summed E-state index contributed by atoms with van der Waals surface area (Å²) in [6.45, 7) is 15.1. The number of fused-ring (bicyclic) bond motifs is 2. The Hall–Kier alpha value is -2.92. The minimum atomic E-state index is -1.63. The highest BCUT2D eigenvalue weighted by Crippen LogP contribution is 2.55. The molecule has 8 atom stereocenters. The molecular formula is C40H54Br2N2O11. The van der Waals surface area contributed by atoms with Gasteiger partial charge in [0, 0.05) is 32.6 Å². The van der Waals surface area contributed by atoms with Gasteiger partial charge in [0.1, 0.15) is 23.7 Å². The third-order valence-corrected chi connectivity index (χ3v) is 12.3. The molecule has 4 saturated heterocycles. The van der Waals surface area contributed by atoms with E-state index >= 15 is 0 Å². The molecule has 15 heteroatoms. The molecule has 0 unspecified atom stereocenters. The lowest BCUT2D eigenvalue weighted by Gasteiger charge is -2.42. The zero-order valence-electron chi connectivity index (χ0n) is 33.1. The smallest absolute Gasteiger partial charge is 0.337 e. The second-order valence-corrected chi connectivity index (χ2v) is 18.9. The van der Waals surface area contributed by atoms with Crippen molar-refractivity contribution in [2.75, 3.05) is 14.2 Å². The van der Waals surface area contributed by atoms with E-state index < -0.39 is 69.7 Å². The number of hydrogen-bond acceptors (Lipinski definition) is 10. The van der Waals surface area contributed by atoms with Gasteiger partial charge in [-0.3, -0.25) is 19.4 Å². The van der Waals surface area contributed by atoms with Crippen LogP contribution < -0.4 is 0 Å². The van der Waals surface area contributed by atoms with Crippen molar-refractivity contribution in [1.29, 1.82) is 0 Å². The van der Waals surface area contributed by atoms with E-state index in [0.29, 0.717) is 0 Å². The van der Waals surface area contributed by atoms with Crippen molar-refractivity contribution in [3.05, 3.63) is 68.6 Å². The summed E-state index contributed by atoms with van der Waals surface area (Å²) in [6.07, 6.45) is -2.69. The first-order chi connectivity index (χ1) is 24.9. The quantitative estimate of drug-likeness (QED) is 0.392. The topological polar surface area (TPSA) is 184 Å². The van der Waals surface area contributed by atoms with Crippen molar-refractivity contribution in [3.8, 4) is 0 Å². The number of amides is 2. The van der Waals surface area contributed by atoms with Crippen molar-refractivity contribution in [2.24, 2.45) is 10.8 Å². The molecular weight excluding hydrogens is 844 g/mol.